The van der Waals surface area contributed by atoms with E-state index in [4.69, 9.17) is 16.9 Å². The van der Waals surface area contributed by atoms with Gasteiger partial charge in [-0.05, 0) is 36.4 Å². The molecular formula is C17H11ClFN5. The van der Waals surface area contributed by atoms with Gasteiger partial charge in [-0.15, -0.1) is 0 Å². The van der Waals surface area contributed by atoms with Gasteiger partial charge in [0.2, 0.25) is 5.95 Å². The Morgan fingerprint density at radius 2 is 1.92 bits per heavy atom. The van der Waals surface area contributed by atoms with Gasteiger partial charge in [0.25, 0.3) is 0 Å². The molecule has 0 unspecified atom stereocenters. The smallest absolute Gasteiger partial charge is 0.229 e. The van der Waals surface area contributed by atoms with Crippen LogP contribution in [-0.2, 0) is 0 Å². The van der Waals surface area contributed by atoms with Gasteiger partial charge in [0.1, 0.15) is 17.7 Å². The third kappa shape index (κ3) is 3.59. The molecule has 0 spiro atoms. The summed E-state index contributed by atoms with van der Waals surface area (Å²) in [5.41, 5.74) is 1.72. The topological polar surface area (TPSA) is 73.6 Å². The molecule has 5 nitrogen and oxygen atoms in total. The number of anilines is 4. The molecule has 0 atom stereocenters. The molecular weight excluding hydrogens is 329 g/mol. The molecule has 0 saturated carbocycles. The number of aromatic nitrogens is 2. The van der Waals surface area contributed by atoms with Crippen molar-refractivity contribution in [2.45, 2.75) is 0 Å². The van der Waals surface area contributed by atoms with Gasteiger partial charge in [0, 0.05) is 11.9 Å². The summed E-state index contributed by atoms with van der Waals surface area (Å²) in [6, 6.07) is 15.1. The first kappa shape index (κ1) is 15.7. The molecule has 3 aromatic rings. The van der Waals surface area contributed by atoms with Crippen LogP contribution in [0.15, 0.2) is 54.7 Å². The van der Waals surface area contributed by atoms with Gasteiger partial charge in [0.15, 0.2) is 0 Å². The Morgan fingerprint density at radius 3 is 2.71 bits per heavy atom. The Labute approximate surface area is 142 Å². The zero-order chi connectivity index (χ0) is 16.9. The first-order valence-electron chi connectivity index (χ1n) is 6.97. The predicted octanol–water partition coefficient (Wildman–Crippen LogP) is 4.63. The molecule has 0 radical (unpaired) electrons. The van der Waals surface area contributed by atoms with Crippen molar-refractivity contribution in [2.24, 2.45) is 0 Å². The van der Waals surface area contributed by atoms with E-state index in [1.165, 1.54) is 18.2 Å². The van der Waals surface area contributed by atoms with Crippen molar-refractivity contribution in [3.05, 3.63) is 71.1 Å². The molecule has 0 aliphatic heterocycles. The zero-order valence-corrected chi connectivity index (χ0v) is 13.0. The summed E-state index contributed by atoms with van der Waals surface area (Å²) in [5, 5.41) is 15.1. The number of nitrogens with zero attached hydrogens (tertiary/aromatic N) is 3. The Morgan fingerprint density at radius 1 is 1.08 bits per heavy atom. The third-order valence-electron chi connectivity index (χ3n) is 3.14. The maximum absolute atomic E-state index is 13.2. The summed E-state index contributed by atoms with van der Waals surface area (Å²) < 4.78 is 13.2. The number of halogens is 2. The standard InChI is InChI=1S/C17H11ClFN5/c18-13-9-12(5-6-14(13)19)22-17-21-8-7-16(24-17)23-15-4-2-1-3-11(15)10-20/h1-9H,(H2,21,22,23,24). The molecule has 7 heteroatoms. The van der Waals surface area contributed by atoms with Crippen LogP contribution >= 0.6 is 11.6 Å². The maximum Gasteiger partial charge on any atom is 0.229 e. The minimum absolute atomic E-state index is 0.0113. The molecule has 0 fully saturated rings. The van der Waals surface area contributed by atoms with Crippen LogP contribution < -0.4 is 10.6 Å². The normalized spacial score (nSPS) is 10.0. The highest BCUT2D eigenvalue weighted by molar-refractivity contribution is 6.31. The summed E-state index contributed by atoms with van der Waals surface area (Å²) >= 11 is 5.75. The van der Waals surface area contributed by atoms with Crippen molar-refractivity contribution in [3.8, 4) is 6.07 Å². The SMILES string of the molecule is N#Cc1ccccc1Nc1ccnc(Nc2ccc(F)c(Cl)c2)n1. The molecule has 2 N–H and O–H groups in total. The van der Waals surface area contributed by atoms with Crippen molar-refractivity contribution in [3.63, 3.8) is 0 Å². The molecule has 118 valence electrons. The second-order valence-electron chi connectivity index (χ2n) is 4.80. The van der Waals surface area contributed by atoms with Gasteiger partial charge in [-0.25, -0.2) is 9.37 Å². The highest BCUT2D eigenvalue weighted by atomic mass is 35.5. The third-order valence-corrected chi connectivity index (χ3v) is 3.43. The van der Waals surface area contributed by atoms with Gasteiger partial charge < -0.3 is 10.6 Å². The van der Waals surface area contributed by atoms with Crippen LogP contribution in [0.4, 0.5) is 27.5 Å². The van der Waals surface area contributed by atoms with E-state index in [2.05, 4.69) is 26.7 Å². The van der Waals surface area contributed by atoms with E-state index in [0.29, 0.717) is 28.7 Å². The van der Waals surface area contributed by atoms with Gasteiger partial charge >= 0.3 is 0 Å². The first-order chi connectivity index (χ1) is 11.7. The number of nitriles is 1. The van der Waals surface area contributed by atoms with Crippen molar-refractivity contribution in [1.29, 1.82) is 5.26 Å². The largest absolute Gasteiger partial charge is 0.339 e. The van der Waals surface area contributed by atoms with Crippen molar-refractivity contribution < 1.29 is 4.39 Å². The predicted molar refractivity (Wildman–Crippen MR) is 91.2 cm³/mol. The fraction of sp³-hybridized carbons (Fsp3) is 0. The lowest BCUT2D eigenvalue weighted by Gasteiger charge is -2.09. The lowest BCUT2D eigenvalue weighted by molar-refractivity contribution is 0.628. The van der Waals surface area contributed by atoms with E-state index in [9.17, 15) is 4.39 Å². The molecule has 24 heavy (non-hydrogen) atoms. The van der Waals surface area contributed by atoms with Gasteiger partial charge in [0.05, 0.1) is 16.3 Å². The molecule has 2 aromatic carbocycles. The molecule has 0 aliphatic carbocycles. The van der Waals surface area contributed by atoms with Gasteiger partial charge in [-0.3, -0.25) is 0 Å². The number of rotatable bonds is 4. The number of para-hydroxylation sites is 1. The average molecular weight is 340 g/mol. The summed E-state index contributed by atoms with van der Waals surface area (Å²) in [7, 11) is 0. The Bertz CT molecular complexity index is 923. The van der Waals surface area contributed by atoms with E-state index < -0.39 is 5.82 Å². The van der Waals surface area contributed by atoms with Crippen LogP contribution in [-0.4, -0.2) is 9.97 Å². The molecule has 0 amide bonds. The van der Waals surface area contributed by atoms with Crippen LogP contribution in [0.25, 0.3) is 0 Å². The van der Waals surface area contributed by atoms with E-state index in [1.54, 1.807) is 30.5 Å². The summed E-state index contributed by atoms with van der Waals surface area (Å²) in [5.74, 6) is 0.340. The summed E-state index contributed by atoms with van der Waals surface area (Å²) in [4.78, 5) is 8.42. The van der Waals surface area contributed by atoms with Crippen LogP contribution in [0.5, 0.6) is 0 Å². The highest BCUT2D eigenvalue weighted by Crippen LogP contribution is 2.23. The van der Waals surface area contributed by atoms with Crippen molar-refractivity contribution >= 4 is 34.7 Å². The minimum atomic E-state index is -0.494. The quantitative estimate of drug-likeness (QED) is 0.725. The summed E-state index contributed by atoms with van der Waals surface area (Å²) in [6.45, 7) is 0. The number of hydrogen-bond acceptors (Lipinski definition) is 5. The van der Waals surface area contributed by atoms with Gasteiger partial charge in [-0.2, -0.15) is 10.2 Å². The molecule has 1 heterocycles. The monoisotopic (exact) mass is 339 g/mol. The van der Waals surface area contributed by atoms with E-state index in [0.717, 1.165) is 0 Å². The number of benzene rings is 2. The molecule has 0 aliphatic rings. The number of hydrogen-bond donors (Lipinski definition) is 2. The Kier molecular flexibility index (Phi) is 4.54. The molecule has 3 rings (SSSR count). The Hall–Kier alpha value is -3.17. The molecule has 0 bridgehead atoms. The van der Waals surface area contributed by atoms with E-state index >= 15 is 0 Å². The fourth-order valence-corrected chi connectivity index (χ4v) is 2.20. The van der Waals surface area contributed by atoms with Crippen LogP contribution in [0.2, 0.25) is 5.02 Å². The minimum Gasteiger partial charge on any atom is -0.339 e. The lowest BCUT2D eigenvalue weighted by atomic mass is 10.2. The van der Waals surface area contributed by atoms with E-state index in [-0.39, 0.29) is 5.02 Å². The second kappa shape index (κ2) is 6.94. The second-order valence-corrected chi connectivity index (χ2v) is 5.21. The lowest BCUT2D eigenvalue weighted by Crippen LogP contribution is -2.01. The van der Waals surface area contributed by atoms with E-state index in [1.807, 2.05) is 6.07 Å². The molecule has 0 saturated heterocycles. The molecule has 1 aromatic heterocycles. The fourth-order valence-electron chi connectivity index (χ4n) is 2.02. The van der Waals surface area contributed by atoms with Crippen LogP contribution in [0, 0.1) is 17.1 Å². The highest BCUT2D eigenvalue weighted by Gasteiger charge is 2.05. The average Bonchev–Trinajstić information content (AvgIpc) is 2.59. The maximum atomic E-state index is 13.2. The van der Waals surface area contributed by atoms with Crippen molar-refractivity contribution in [1.82, 2.24) is 9.97 Å². The zero-order valence-electron chi connectivity index (χ0n) is 12.3. The van der Waals surface area contributed by atoms with Crippen LogP contribution in [0.3, 0.4) is 0 Å². The Balaban J connectivity index is 1.81. The van der Waals surface area contributed by atoms with Crippen LogP contribution in [0.1, 0.15) is 5.56 Å². The first-order valence-corrected chi connectivity index (χ1v) is 7.35. The summed E-state index contributed by atoms with van der Waals surface area (Å²) in [6.07, 6.45) is 1.57. The number of nitrogens with one attached hydrogen (secondary N) is 2. The van der Waals surface area contributed by atoms with Crippen molar-refractivity contribution in [2.75, 3.05) is 10.6 Å². The van der Waals surface area contributed by atoms with Gasteiger partial charge in [-0.1, -0.05) is 23.7 Å².